The van der Waals surface area contributed by atoms with E-state index < -0.39 is 0 Å². The van der Waals surface area contributed by atoms with Gasteiger partial charge in [-0.15, -0.1) is 0 Å². The van der Waals surface area contributed by atoms with E-state index in [1.54, 1.807) is 12.1 Å². The third-order valence-corrected chi connectivity index (χ3v) is 2.69. The first kappa shape index (κ1) is 10.8. The van der Waals surface area contributed by atoms with Gasteiger partial charge in [-0.25, -0.2) is 0 Å². The van der Waals surface area contributed by atoms with E-state index in [0.717, 1.165) is 32.0 Å². The Morgan fingerprint density at radius 2 is 2.12 bits per heavy atom. The Bertz CT molecular complexity index is 372. The number of phenols is 1. The van der Waals surface area contributed by atoms with Crippen LogP contribution in [0.1, 0.15) is 5.56 Å². The fourth-order valence-electron chi connectivity index (χ4n) is 1.70. The maximum atomic E-state index is 9.15. The molecule has 0 bridgehead atoms. The lowest BCUT2D eigenvalue weighted by Crippen LogP contribution is -2.36. The highest BCUT2D eigenvalue weighted by molar-refractivity contribution is 5.81. The zero-order chi connectivity index (χ0) is 11.4. The summed E-state index contributed by atoms with van der Waals surface area (Å²) in [6.07, 6.45) is 0.938. The van der Waals surface area contributed by atoms with E-state index in [1.807, 2.05) is 19.2 Å². The normalized spacial score (nSPS) is 15.1. The molecule has 0 fully saturated rings. The zero-order valence-electron chi connectivity index (χ0n) is 9.48. The molecule has 0 aromatic heterocycles. The van der Waals surface area contributed by atoms with Crippen LogP contribution in [-0.2, 0) is 6.42 Å². The predicted octanol–water partition coefficient (Wildman–Crippen LogP) is 0.826. The van der Waals surface area contributed by atoms with Crippen molar-refractivity contribution < 1.29 is 5.11 Å². The number of hydrogen-bond donors (Lipinski definition) is 2. The monoisotopic (exact) mass is 219 g/mol. The summed E-state index contributed by atoms with van der Waals surface area (Å²) in [5.74, 6) is 1.30. The first-order chi connectivity index (χ1) is 7.75. The lowest BCUT2D eigenvalue weighted by atomic mass is 10.1. The number of hydrogen-bond acceptors (Lipinski definition) is 4. The summed E-state index contributed by atoms with van der Waals surface area (Å²) in [6, 6.07) is 7.32. The first-order valence-electron chi connectivity index (χ1n) is 5.53. The van der Waals surface area contributed by atoms with Crippen LogP contribution in [0.5, 0.6) is 5.75 Å². The Morgan fingerprint density at radius 3 is 2.75 bits per heavy atom. The van der Waals surface area contributed by atoms with Gasteiger partial charge in [0.1, 0.15) is 5.75 Å². The molecule has 0 unspecified atom stereocenters. The largest absolute Gasteiger partial charge is 0.508 e. The van der Waals surface area contributed by atoms with Crippen molar-refractivity contribution in [3.63, 3.8) is 0 Å². The van der Waals surface area contributed by atoms with E-state index in [2.05, 4.69) is 15.2 Å². The second kappa shape index (κ2) is 4.88. The number of rotatable bonds is 3. The van der Waals surface area contributed by atoms with E-state index in [9.17, 15) is 0 Å². The number of aliphatic imine (C=N–C) groups is 1. The Hall–Kier alpha value is -1.71. The molecule has 0 spiro atoms. The van der Waals surface area contributed by atoms with Crippen molar-refractivity contribution in [1.82, 2.24) is 10.2 Å². The first-order valence-corrected chi connectivity index (χ1v) is 5.53. The van der Waals surface area contributed by atoms with Crippen LogP contribution in [0.25, 0.3) is 0 Å². The minimum atomic E-state index is 0.316. The molecular weight excluding hydrogens is 202 g/mol. The van der Waals surface area contributed by atoms with E-state index in [1.165, 1.54) is 5.56 Å². The minimum absolute atomic E-state index is 0.316. The predicted molar refractivity (Wildman–Crippen MR) is 64.7 cm³/mol. The van der Waals surface area contributed by atoms with Gasteiger partial charge in [0.15, 0.2) is 5.96 Å². The number of likely N-dealkylation sites (N-methyl/N-ethyl adjacent to an activating group) is 1. The van der Waals surface area contributed by atoms with Crippen LogP contribution in [0.4, 0.5) is 0 Å². The molecule has 1 heterocycles. The van der Waals surface area contributed by atoms with Crippen molar-refractivity contribution >= 4 is 5.96 Å². The van der Waals surface area contributed by atoms with Gasteiger partial charge >= 0.3 is 0 Å². The molecule has 2 N–H and O–H groups in total. The fourth-order valence-corrected chi connectivity index (χ4v) is 1.70. The van der Waals surface area contributed by atoms with Gasteiger partial charge in [-0.3, -0.25) is 4.99 Å². The molecule has 16 heavy (non-hydrogen) atoms. The zero-order valence-corrected chi connectivity index (χ0v) is 9.48. The Morgan fingerprint density at radius 1 is 1.38 bits per heavy atom. The standard InChI is InChI=1S/C12H17N3O/c1-15-9-8-14-12(15)13-7-6-10-2-4-11(16)5-3-10/h2-5,16H,6-9H2,1H3,(H,13,14). The molecule has 2 rings (SSSR count). The number of nitrogens with zero attached hydrogens (tertiary/aromatic N) is 2. The summed E-state index contributed by atoms with van der Waals surface area (Å²) in [4.78, 5) is 6.48. The second-order valence-electron chi connectivity index (χ2n) is 3.97. The highest BCUT2D eigenvalue weighted by Gasteiger charge is 2.10. The summed E-state index contributed by atoms with van der Waals surface area (Å²) in [5, 5.41) is 12.5. The van der Waals surface area contributed by atoms with Gasteiger partial charge < -0.3 is 15.3 Å². The SMILES string of the molecule is CN1CCN=C1NCCc1ccc(O)cc1. The summed E-state index contributed by atoms with van der Waals surface area (Å²) in [6.45, 7) is 2.76. The summed E-state index contributed by atoms with van der Waals surface area (Å²) >= 11 is 0. The van der Waals surface area contributed by atoms with Gasteiger partial charge in [-0.05, 0) is 24.1 Å². The molecule has 86 valence electrons. The van der Waals surface area contributed by atoms with E-state index in [-0.39, 0.29) is 0 Å². The molecular formula is C12H17N3O. The lowest BCUT2D eigenvalue weighted by molar-refractivity contribution is 0.475. The second-order valence-corrected chi connectivity index (χ2v) is 3.97. The minimum Gasteiger partial charge on any atom is -0.508 e. The molecule has 0 amide bonds. The lowest BCUT2D eigenvalue weighted by Gasteiger charge is -2.15. The van der Waals surface area contributed by atoms with Gasteiger partial charge in [0, 0.05) is 20.1 Å². The quantitative estimate of drug-likeness (QED) is 0.791. The average Bonchev–Trinajstić information content (AvgIpc) is 2.68. The molecule has 1 aromatic carbocycles. The topological polar surface area (TPSA) is 47.9 Å². The fraction of sp³-hybridized carbons (Fsp3) is 0.417. The van der Waals surface area contributed by atoms with Gasteiger partial charge in [0.2, 0.25) is 0 Å². The molecule has 4 nitrogen and oxygen atoms in total. The van der Waals surface area contributed by atoms with Gasteiger partial charge in [0.05, 0.1) is 6.54 Å². The average molecular weight is 219 g/mol. The van der Waals surface area contributed by atoms with Gasteiger partial charge in [-0.2, -0.15) is 0 Å². The van der Waals surface area contributed by atoms with Crippen molar-refractivity contribution in [1.29, 1.82) is 0 Å². The van der Waals surface area contributed by atoms with Crippen LogP contribution < -0.4 is 5.32 Å². The molecule has 0 aliphatic carbocycles. The van der Waals surface area contributed by atoms with Crippen LogP contribution in [0, 0.1) is 0 Å². The van der Waals surface area contributed by atoms with Crippen molar-refractivity contribution in [2.24, 2.45) is 4.99 Å². The smallest absolute Gasteiger partial charge is 0.193 e. The maximum Gasteiger partial charge on any atom is 0.193 e. The number of nitrogens with one attached hydrogen (secondary N) is 1. The van der Waals surface area contributed by atoms with E-state index in [0.29, 0.717) is 5.75 Å². The number of aromatic hydroxyl groups is 1. The third-order valence-electron chi connectivity index (χ3n) is 2.69. The Kier molecular flexibility index (Phi) is 3.29. The van der Waals surface area contributed by atoms with Crippen LogP contribution in [0.3, 0.4) is 0 Å². The number of guanidine groups is 1. The number of benzene rings is 1. The molecule has 1 aromatic rings. The summed E-state index contributed by atoms with van der Waals surface area (Å²) in [7, 11) is 2.04. The van der Waals surface area contributed by atoms with Crippen LogP contribution in [0.15, 0.2) is 29.3 Å². The Balaban J connectivity index is 1.78. The van der Waals surface area contributed by atoms with Crippen LogP contribution >= 0.6 is 0 Å². The molecule has 0 atom stereocenters. The van der Waals surface area contributed by atoms with Crippen molar-refractivity contribution in [2.75, 3.05) is 26.7 Å². The van der Waals surface area contributed by atoms with Gasteiger partial charge in [0.25, 0.3) is 0 Å². The molecule has 0 saturated carbocycles. The third kappa shape index (κ3) is 2.66. The Labute approximate surface area is 95.6 Å². The van der Waals surface area contributed by atoms with Gasteiger partial charge in [-0.1, -0.05) is 12.1 Å². The van der Waals surface area contributed by atoms with Crippen molar-refractivity contribution in [2.45, 2.75) is 6.42 Å². The van der Waals surface area contributed by atoms with Crippen LogP contribution in [-0.4, -0.2) is 42.6 Å². The van der Waals surface area contributed by atoms with Crippen molar-refractivity contribution in [3.8, 4) is 5.75 Å². The van der Waals surface area contributed by atoms with Crippen LogP contribution in [0.2, 0.25) is 0 Å². The molecule has 1 aliphatic rings. The molecule has 1 aliphatic heterocycles. The van der Waals surface area contributed by atoms with Crippen molar-refractivity contribution in [3.05, 3.63) is 29.8 Å². The highest BCUT2D eigenvalue weighted by Crippen LogP contribution is 2.09. The summed E-state index contributed by atoms with van der Waals surface area (Å²) < 4.78 is 0. The maximum absolute atomic E-state index is 9.15. The summed E-state index contributed by atoms with van der Waals surface area (Å²) in [5.41, 5.74) is 1.21. The van der Waals surface area contributed by atoms with E-state index in [4.69, 9.17) is 5.11 Å². The highest BCUT2D eigenvalue weighted by atomic mass is 16.3. The number of phenolic OH excluding ortho intramolecular Hbond substituents is 1. The molecule has 0 saturated heterocycles. The molecule has 0 radical (unpaired) electrons. The molecule has 4 heteroatoms. The van der Waals surface area contributed by atoms with E-state index >= 15 is 0 Å².